The SMILES string of the molecule is Cc1ccc(C(=O)N(C)C)cc1NC(=O)C(N)C(C)C. The summed E-state index contributed by atoms with van der Waals surface area (Å²) in [5.41, 5.74) is 7.87. The normalized spacial score (nSPS) is 12.2. The van der Waals surface area contributed by atoms with E-state index in [4.69, 9.17) is 5.73 Å². The van der Waals surface area contributed by atoms with Gasteiger partial charge in [0, 0.05) is 25.3 Å². The summed E-state index contributed by atoms with van der Waals surface area (Å²) in [7, 11) is 3.38. The van der Waals surface area contributed by atoms with Gasteiger partial charge in [0.25, 0.3) is 5.91 Å². The second-order valence-corrected chi connectivity index (χ2v) is 5.49. The van der Waals surface area contributed by atoms with Gasteiger partial charge in [0.15, 0.2) is 0 Å². The number of benzene rings is 1. The van der Waals surface area contributed by atoms with Crippen molar-refractivity contribution < 1.29 is 9.59 Å². The first-order chi connectivity index (χ1) is 9.23. The van der Waals surface area contributed by atoms with Gasteiger partial charge >= 0.3 is 0 Å². The Kier molecular flexibility index (Phi) is 5.27. The van der Waals surface area contributed by atoms with Crippen molar-refractivity contribution in [3.05, 3.63) is 29.3 Å². The van der Waals surface area contributed by atoms with E-state index in [0.717, 1.165) is 5.56 Å². The van der Waals surface area contributed by atoms with Crippen LogP contribution in [0.2, 0.25) is 0 Å². The zero-order chi connectivity index (χ0) is 15.4. The summed E-state index contributed by atoms with van der Waals surface area (Å²) in [6, 6.07) is 4.67. The van der Waals surface area contributed by atoms with Crippen molar-refractivity contribution >= 4 is 17.5 Å². The molecule has 0 saturated heterocycles. The Labute approximate surface area is 120 Å². The van der Waals surface area contributed by atoms with E-state index < -0.39 is 6.04 Å². The second kappa shape index (κ2) is 6.52. The van der Waals surface area contributed by atoms with Crippen LogP contribution in [0.25, 0.3) is 0 Å². The fourth-order valence-electron chi connectivity index (χ4n) is 1.67. The van der Waals surface area contributed by atoms with Gasteiger partial charge < -0.3 is 16.0 Å². The quantitative estimate of drug-likeness (QED) is 0.878. The van der Waals surface area contributed by atoms with Crippen LogP contribution in [0.1, 0.15) is 29.8 Å². The topological polar surface area (TPSA) is 75.4 Å². The molecule has 0 spiro atoms. The monoisotopic (exact) mass is 277 g/mol. The molecule has 2 amide bonds. The third-order valence-electron chi connectivity index (χ3n) is 3.17. The number of rotatable bonds is 4. The molecule has 1 aromatic rings. The number of carbonyl (C=O) groups excluding carboxylic acids is 2. The number of hydrogen-bond acceptors (Lipinski definition) is 3. The van der Waals surface area contributed by atoms with Crippen molar-refractivity contribution in [2.45, 2.75) is 26.8 Å². The molecule has 1 rings (SSSR count). The molecule has 0 aliphatic rings. The minimum Gasteiger partial charge on any atom is -0.345 e. The van der Waals surface area contributed by atoms with E-state index >= 15 is 0 Å². The van der Waals surface area contributed by atoms with Crippen LogP contribution in [-0.4, -0.2) is 36.9 Å². The number of amides is 2. The molecule has 1 unspecified atom stereocenters. The maximum absolute atomic E-state index is 12.0. The molecule has 110 valence electrons. The number of nitrogens with zero attached hydrogens (tertiary/aromatic N) is 1. The number of anilines is 1. The van der Waals surface area contributed by atoms with Crippen LogP contribution in [-0.2, 0) is 4.79 Å². The predicted octanol–water partition coefficient (Wildman–Crippen LogP) is 1.62. The molecule has 20 heavy (non-hydrogen) atoms. The highest BCUT2D eigenvalue weighted by atomic mass is 16.2. The Morgan fingerprint density at radius 1 is 1.25 bits per heavy atom. The van der Waals surface area contributed by atoms with Crippen LogP contribution < -0.4 is 11.1 Å². The maximum Gasteiger partial charge on any atom is 0.253 e. The van der Waals surface area contributed by atoms with Crippen molar-refractivity contribution in [2.75, 3.05) is 19.4 Å². The highest BCUT2D eigenvalue weighted by Crippen LogP contribution is 2.18. The summed E-state index contributed by atoms with van der Waals surface area (Å²) in [5.74, 6) is -0.284. The third-order valence-corrected chi connectivity index (χ3v) is 3.17. The molecule has 5 heteroatoms. The molecule has 0 aliphatic carbocycles. The van der Waals surface area contributed by atoms with Crippen LogP contribution in [0.5, 0.6) is 0 Å². The van der Waals surface area contributed by atoms with Crippen LogP contribution in [0.15, 0.2) is 18.2 Å². The first-order valence-electron chi connectivity index (χ1n) is 6.62. The minimum atomic E-state index is -0.567. The minimum absolute atomic E-state index is 0.0573. The summed E-state index contributed by atoms with van der Waals surface area (Å²) >= 11 is 0. The fourth-order valence-corrected chi connectivity index (χ4v) is 1.67. The van der Waals surface area contributed by atoms with E-state index in [-0.39, 0.29) is 17.7 Å². The Bertz CT molecular complexity index is 510. The summed E-state index contributed by atoms with van der Waals surface area (Å²) in [4.78, 5) is 25.4. The van der Waals surface area contributed by atoms with Gasteiger partial charge in [-0.05, 0) is 30.5 Å². The average Bonchev–Trinajstić information content (AvgIpc) is 2.39. The lowest BCUT2D eigenvalue weighted by Crippen LogP contribution is -2.39. The molecule has 0 heterocycles. The highest BCUT2D eigenvalue weighted by Gasteiger charge is 2.18. The van der Waals surface area contributed by atoms with Gasteiger partial charge in [-0.3, -0.25) is 9.59 Å². The Hall–Kier alpha value is -1.88. The predicted molar refractivity (Wildman–Crippen MR) is 80.6 cm³/mol. The smallest absolute Gasteiger partial charge is 0.253 e. The molecule has 0 aromatic heterocycles. The van der Waals surface area contributed by atoms with E-state index in [0.29, 0.717) is 11.3 Å². The lowest BCUT2D eigenvalue weighted by atomic mass is 10.0. The Morgan fingerprint density at radius 3 is 2.35 bits per heavy atom. The lowest BCUT2D eigenvalue weighted by Gasteiger charge is -2.17. The van der Waals surface area contributed by atoms with Gasteiger partial charge in [-0.25, -0.2) is 0 Å². The number of aryl methyl sites for hydroxylation is 1. The molecule has 1 atom stereocenters. The number of nitrogens with two attached hydrogens (primary N) is 1. The summed E-state index contributed by atoms with van der Waals surface area (Å²) in [5, 5.41) is 2.79. The molecule has 0 bridgehead atoms. The third kappa shape index (κ3) is 3.81. The highest BCUT2D eigenvalue weighted by molar-refractivity contribution is 5.99. The number of hydrogen-bond donors (Lipinski definition) is 2. The van der Waals surface area contributed by atoms with Crippen LogP contribution >= 0.6 is 0 Å². The van der Waals surface area contributed by atoms with Gasteiger partial charge in [0.1, 0.15) is 0 Å². The molecule has 0 fully saturated rings. The summed E-state index contributed by atoms with van der Waals surface area (Å²) < 4.78 is 0. The fraction of sp³-hybridized carbons (Fsp3) is 0.467. The molecule has 1 aromatic carbocycles. The van der Waals surface area contributed by atoms with Crippen LogP contribution in [0.3, 0.4) is 0 Å². The van der Waals surface area contributed by atoms with Crippen molar-refractivity contribution in [1.82, 2.24) is 4.90 Å². The number of nitrogens with one attached hydrogen (secondary N) is 1. The molecule has 3 N–H and O–H groups in total. The maximum atomic E-state index is 12.0. The lowest BCUT2D eigenvalue weighted by molar-refractivity contribution is -0.118. The average molecular weight is 277 g/mol. The van der Waals surface area contributed by atoms with E-state index in [1.807, 2.05) is 26.8 Å². The van der Waals surface area contributed by atoms with E-state index in [9.17, 15) is 9.59 Å². The van der Waals surface area contributed by atoms with Crippen molar-refractivity contribution in [3.8, 4) is 0 Å². The second-order valence-electron chi connectivity index (χ2n) is 5.49. The van der Waals surface area contributed by atoms with Gasteiger partial charge in [0.2, 0.25) is 5.91 Å². The first-order valence-corrected chi connectivity index (χ1v) is 6.62. The van der Waals surface area contributed by atoms with Crippen molar-refractivity contribution in [1.29, 1.82) is 0 Å². The molecular weight excluding hydrogens is 254 g/mol. The van der Waals surface area contributed by atoms with Crippen LogP contribution in [0.4, 0.5) is 5.69 Å². The Balaban J connectivity index is 2.98. The van der Waals surface area contributed by atoms with Crippen molar-refractivity contribution in [3.63, 3.8) is 0 Å². The van der Waals surface area contributed by atoms with E-state index in [1.54, 1.807) is 26.2 Å². The van der Waals surface area contributed by atoms with E-state index in [1.165, 1.54) is 4.90 Å². The number of carbonyl (C=O) groups is 2. The first kappa shape index (κ1) is 16.2. The molecular formula is C15H23N3O2. The van der Waals surface area contributed by atoms with Gasteiger partial charge in [0.05, 0.1) is 6.04 Å². The summed E-state index contributed by atoms with van der Waals surface area (Å²) in [6.07, 6.45) is 0. The zero-order valence-corrected chi connectivity index (χ0v) is 12.7. The zero-order valence-electron chi connectivity index (χ0n) is 12.7. The van der Waals surface area contributed by atoms with Crippen molar-refractivity contribution in [2.24, 2.45) is 11.7 Å². The van der Waals surface area contributed by atoms with Gasteiger partial charge in [-0.2, -0.15) is 0 Å². The standard InChI is InChI=1S/C15H23N3O2/c1-9(2)13(16)14(19)17-12-8-11(7-6-10(12)3)15(20)18(4)5/h6-9,13H,16H2,1-5H3,(H,17,19). The van der Waals surface area contributed by atoms with E-state index in [2.05, 4.69) is 5.32 Å². The Morgan fingerprint density at radius 2 is 1.85 bits per heavy atom. The largest absolute Gasteiger partial charge is 0.345 e. The van der Waals surface area contributed by atoms with Gasteiger partial charge in [-0.1, -0.05) is 19.9 Å². The van der Waals surface area contributed by atoms with Crippen LogP contribution in [0, 0.1) is 12.8 Å². The molecule has 0 saturated carbocycles. The molecule has 0 aliphatic heterocycles. The summed E-state index contributed by atoms with van der Waals surface area (Å²) in [6.45, 7) is 5.66. The van der Waals surface area contributed by atoms with Gasteiger partial charge in [-0.15, -0.1) is 0 Å². The molecule has 5 nitrogen and oxygen atoms in total. The molecule has 0 radical (unpaired) electrons.